The molecule has 2 aromatic rings. The molecule has 0 spiro atoms. The second-order valence-corrected chi connectivity index (χ2v) is 8.01. The van der Waals surface area contributed by atoms with Gasteiger partial charge in [0.1, 0.15) is 5.75 Å². The number of ether oxygens (including phenoxy) is 1. The average molecular weight is 341 g/mol. The van der Waals surface area contributed by atoms with E-state index in [1.165, 1.54) is 30.4 Å². The summed E-state index contributed by atoms with van der Waals surface area (Å²) in [4.78, 5) is 4.41. The fraction of sp³-hybridized carbons (Fsp3) is 0.400. The Balaban J connectivity index is 1.78. The van der Waals surface area contributed by atoms with Crippen LogP contribution in [0.4, 0.5) is 0 Å². The highest BCUT2D eigenvalue weighted by Gasteiger charge is 2.27. The number of benzene rings is 2. The Bertz CT molecular complexity index is 781. The maximum atomic E-state index is 13.3. The maximum Gasteiger partial charge on any atom is 0.124 e. The van der Waals surface area contributed by atoms with Crippen molar-refractivity contribution in [2.24, 2.45) is 0 Å². The van der Waals surface area contributed by atoms with Gasteiger partial charge in [-0.25, -0.2) is 4.21 Å². The van der Waals surface area contributed by atoms with Gasteiger partial charge in [-0.2, -0.15) is 0 Å². The number of rotatable bonds is 3. The Morgan fingerprint density at radius 3 is 2.62 bits per heavy atom. The van der Waals surface area contributed by atoms with Gasteiger partial charge in [-0.1, -0.05) is 30.7 Å². The van der Waals surface area contributed by atoms with E-state index in [4.69, 9.17) is 4.74 Å². The molecule has 4 heteroatoms. The molecule has 3 nitrogen and oxygen atoms in total. The standard InChI is InChI=1S/C20H23NO2S/c1-23-18-10-9-16-13-15-7-3-4-8-19(15)24(22)20(16)17(18)14-21-11-5-2-6-12-21/h3-4,7-10H,2,5-6,11-14H2,1H3. The summed E-state index contributed by atoms with van der Waals surface area (Å²) in [7, 11) is 0.585. The minimum Gasteiger partial charge on any atom is -0.496 e. The Kier molecular flexibility index (Phi) is 4.42. The molecule has 0 aliphatic carbocycles. The zero-order chi connectivity index (χ0) is 16.5. The maximum absolute atomic E-state index is 13.3. The summed E-state index contributed by atoms with van der Waals surface area (Å²) in [6.07, 6.45) is 4.68. The van der Waals surface area contributed by atoms with Crippen molar-refractivity contribution >= 4 is 10.8 Å². The average Bonchev–Trinajstić information content (AvgIpc) is 2.63. The van der Waals surface area contributed by atoms with Gasteiger partial charge in [0, 0.05) is 17.0 Å². The zero-order valence-electron chi connectivity index (χ0n) is 14.1. The Hall–Kier alpha value is -1.65. The zero-order valence-corrected chi connectivity index (χ0v) is 14.9. The number of hydrogen-bond acceptors (Lipinski definition) is 3. The van der Waals surface area contributed by atoms with Crippen molar-refractivity contribution in [3.05, 3.63) is 53.1 Å². The van der Waals surface area contributed by atoms with E-state index in [0.717, 1.165) is 47.2 Å². The lowest BCUT2D eigenvalue weighted by atomic mass is 10.0. The molecule has 2 aromatic carbocycles. The van der Waals surface area contributed by atoms with Crippen molar-refractivity contribution in [2.75, 3.05) is 20.2 Å². The molecule has 1 unspecified atom stereocenters. The van der Waals surface area contributed by atoms with Gasteiger partial charge in [0.15, 0.2) is 0 Å². The van der Waals surface area contributed by atoms with Crippen LogP contribution in [0.2, 0.25) is 0 Å². The smallest absolute Gasteiger partial charge is 0.124 e. The number of fused-ring (bicyclic) bond motifs is 2. The van der Waals surface area contributed by atoms with Crippen molar-refractivity contribution in [2.45, 2.75) is 42.0 Å². The fourth-order valence-electron chi connectivity index (χ4n) is 3.86. The molecule has 0 aromatic heterocycles. The lowest BCUT2D eigenvalue weighted by Crippen LogP contribution is -2.30. The molecule has 1 saturated heterocycles. The van der Waals surface area contributed by atoms with Crippen LogP contribution >= 0.6 is 0 Å². The van der Waals surface area contributed by atoms with Gasteiger partial charge in [0.05, 0.1) is 22.8 Å². The van der Waals surface area contributed by atoms with Crippen LogP contribution in [0, 0.1) is 0 Å². The second-order valence-electron chi connectivity index (χ2n) is 6.62. The summed E-state index contributed by atoms with van der Waals surface area (Å²) in [5.74, 6) is 0.868. The van der Waals surface area contributed by atoms with Crippen molar-refractivity contribution in [3.63, 3.8) is 0 Å². The highest BCUT2D eigenvalue weighted by atomic mass is 32.2. The highest BCUT2D eigenvalue weighted by molar-refractivity contribution is 7.85. The van der Waals surface area contributed by atoms with E-state index < -0.39 is 10.8 Å². The molecule has 24 heavy (non-hydrogen) atoms. The summed E-state index contributed by atoms with van der Waals surface area (Å²) in [5, 5.41) is 0. The van der Waals surface area contributed by atoms with Gasteiger partial charge < -0.3 is 4.74 Å². The summed E-state index contributed by atoms with van der Waals surface area (Å²) >= 11 is 0. The predicted octanol–water partition coefficient (Wildman–Crippen LogP) is 3.75. The molecule has 0 amide bonds. The lowest BCUT2D eigenvalue weighted by molar-refractivity contribution is 0.216. The van der Waals surface area contributed by atoms with Crippen LogP contribution in [0.25, 0.3) is 0 Å². The molecular formula is C20H23NO2S. The van der Waals surface area contributed by atoms with Crippen LogP contribution in [0.1, 0.15) is 36.0 Å². The first kappa shape index (κ1) is 15.9. The van der Waals surface area contributed by atoms with Crippen LogP contribution in [-0.4, -0.2) is 29.3 Å². The second kappa shape index (κ2) is 6.69. The number of piperidine rings is 1. The lowest BCUT2D eigenvalue weighted by Gasteiger charge is -2.29. The first-order chi connectivity index (χ1) is 11.8. The first-order valence-corrected chi connectivity index (χ1v) is 9.83. The third-order valence-electron chi connectivity index (χ3n) is 5.09. The van der Waals surface area contributed by atoms with Gasteiger partial charge >= 0.3 is 0 Å². The summed E-state index contributed by atoms with van der Waals surface area (Å²) < 4.78 is 18.9. The van der Waals surface area contributed by atoms with Crippen molar-refractivity contribution in [3.8, 4) is 5.75 Å². The normalized spacial score (nSPS) is 20.3. The minimum atomic E-state index is -1.12. The fourth-order valence-corrected chi connectivity index (χ4v) is 5.42. The number of likely N-dealkylation sites (tertiary alicyclic amines) is 1. The van der Waals surface area contributed by atoms with E-state index in [2.05, 4.69) is 17.0 Å². The van der Waals surface area contributed by atoms with Crippen LogP contribution in [0.15, 0.2) is 46.2 Å². The van der Waals surface area contributed by atoms with Crippen molar-refractivity contribution in [1.82, 2.24) is 4.90 Å². The molecule has 126 valence electrons. The third-order valence-corrected chi connectivity index (χ3v) is 6.77. The van der Waals surface area contributed by atoms with Crippen molar-refractivity contribution < 1.29 is 8.95 Å². The predicted molar refractivity (Wildman–Crippen MR) is 96.0 cm³/mol. The molecule has 1 fully saturated rings. The molecular weight excluding hydrogens is 318 g/mol. The van der Waals surface area contributed by atoms with E-state index in [0.29, 0.717) is 0 Å². The molecule has 0 bridgehead atoms. The van der Waals surface area contributed by atoms with E-state index >= 15 is 0 Å². The quantitative estimate of drug-likeness (QED) is 0.727. The topological polar surface area (TPSA) is 29.5 Å². The van der Waals surface area contributed by atoms with E-state index in [1.807, 2.05) is 24.3 Å². The van der Waals surface area contributed by atoms with Crippen molar-refractivity contribution in [1.29, 1.82) is 0 Å². The van der Waals surface area contributed by atoms with Gasteiger partial charge in [0.25, 0.3) is 0 Å². The monoisotopic (exact) mass is 341 g/mol. The SMILES string of the molecule is COc1ccc2c(c1CN1CCCCC1)S(=O)c1ccccc1C2. The summed E-state index contributed by atoms with van der Waals surface area (Å²) in [5.41, 5.74) is 3.47. The van der Waals surface area contributed by atoms with Crippen LogP contribution in [0.3, 0.4) is 0 Å². The molecule has 0 radical (unpaired) electrons. The third kappa shape index (κ3) is 2.78. The summed E-state index contributed by atoms with van der Waals surface area (Å²) in [6.45, 7) is 3.08. The number of hydrogen-bond donors (Lipinski definition) is 0. The van der Waals surface area contributed by atoms with Crippen LogP contribution in [0.5, 0.6) is 5.75 Å². The van der Waals surface area contributed by atoms with E-state index in [1.54, 1.807) is 7.11 Å². The Morgan fingerprint density at radius 1 is 1.04 bits per heavy atom. The van der Waals surface area contributed by atoms with Crippen LogP contribution in [-0.2, 0) is 23.8 Å². The summed E-state index contributed by atoms with van der Waals surface area (Å²) in [6, 6.07) is 12.2. The minimum absolute atomic E-state index is 0.834. The highest BCUT2D eigenvalue weighted by Crippen LogP contribution is 2.38. The molecule has 1 atom stereocenters. The number of methoxy groups -OCH3 is 1. The van der Waals surface area contributed by atoms with Gasteiger partial charge in [-0.15, -0.1) is 0 Å². The van der Waals surface area contributed by atoms with Gasteiger partial charge in [0.2, 0.25) is 0 Å². The van der Waals surface area contributed by atoms with Gasteiger partial charge in [-0.05, 0) is 55.6 Å². The Morgan fingerprint density at radius 2 is 1.83 bits per heavy atom. The molecule has 0 N–H and O–H groups in total. The molecule has 0 saturated carbocycles. The van der Waals surface area contributed by atoms with E-state index in [-0.39, 0.29) is 0 Å². The largest absolute Gasteiger partial charge is 0.496 e. The van der Waals surface area contributed by atoms with Gasteiger partial charge in [-0.3, -0.25) is 4.90 Å². The molecule has 2 aliphatic heterocycles. The first-order valence-electron chi connectivity index (χ1n) is 8.68. The number of nitrogens with zero attached hydrogens (tertiary/aromatic N) is 1. The van der Waals surface area contributed by atoms with E-state index in [9.17, 15) is 4.21 Å². The molecule has 2 aliphatic rings. The molecule has 2 heterocycles. The molecule has 4 rings (SSSR count). The Labute approximate surface area is 146 Å². The van der Waals surface area contributed by atoms with Crippen LogP contribution < -0.4 is 4.74 Å².